The van der Waals surface area contributed by atoms with Gasteiger partial charge < -0.3 is 10.3 Å². The number of hydrogen-bond acceptors (Lipinski definition) is 4. The minimum atomic E-state index is 0.0716. The Morgan fingerprint density at radius 2 is 1.88 bits per heavy atom. The number of likely N-dealkylation sites (tertiary alicyclic amines) is 1. The Labute approximate surface area is 156 Å². The molecule has 5 heteroatoms. The standard InChI is InChI=1S/C21H31N5/c1-3-9-21(10-4-1,26-14-5-2-6-15-26)17-25-19(20-23-12-13-24-20)18-8-7-11-22-16-18/h7-8,11-13,16,19,25H,1-6,9-10,14-15,17H2,(H,23,24). The minimum Gasteiger partial charge on any atom is -0.347 e. The van der Waals surface area contributed by atoms with E-state index in [4.69, 9.17) is 0 Å². The molecule has 2 aromatic heterocycles. The van der Waals surface area contributed by atoms with E-state index in [1.165, 1.54) is 70.0 Å². The van der Waals surface area contributed by atoms with Crippen molar-refractivity contribution in [3.8, 4) is 0 Å². The number of piperidine rings is 1. The second kappa shape index (κ2) is 8.31. The summed E-state index contributed by atoms with van der Waals surface area (Å²) in [6.45, 7) is 3.55. The van der Waals surface area contributed by atoms with Crippen LogP contribution in [0.2, 0.25) is 0 Å². The molecule has 1 aliphatic carbocycles. The van der Waals surface area contributed by atoms with Gasteiger partial charge in [-0.15, -0.1) is 0 Å². The van der Waals surface area contributed by atoms with Crippen molar-refractivity contribution in [3.63, 3.8) is 0 Å². The maximum atomic E-state index is 4.53. The lowest BCUT2D eigenvalue weighted by atomic mass is 9.79. The lowest BCUT2D eigenvalue weighted by Crippen LogP contribution is -2.57. The summed E-state index contributed by atoms with van der Waals surface area (Å²) in [4.78, 5) is 15.0. The summed E-state index contributed by atoms with van der Waals surface area (Å²) in [5.41, 5.74) is 1.48. The molecule has 2 fully saturated rings. The number of H-pyrrole nitrogens is 1. The summed E-state index contributed by atoms with van der Waals surface area (Å²) in [7, 11) is 0. The van der Waals surface area contributed by atoms with Crippen molar-refractivity contribution in [2.45, 2.75) is 62.9 Å². The molecule has 2 N–H and O–H groups in total. The molecular weight excluding hydrogens is 322 g/mol. The normalized spacial score (nSPS) is 22.2. The van der Waals surface area contributed by atoms with Crippen molar-refractivity contribution in [2.75, 3.05) is 19.6 Å². The summed E-state index contributed by atoms with van der Waals surface area (Å²) >= 11 is 0. The highest BCUT2D eigenvalue weighted by molar-refractivity contribution is 5.21. The first-order chi connectivity index (χ1) is 12.9. The van der Waals surface area contributed by atoms with Crippen molar-refractivity contribution in [3.05, 3.63) is 48.3 Å². The van der Waals surface area contributed by atoms with E-state index in [0.29, 0.717) is 5.54 Å². The van der Waals surface area contributed by atoms with Crippen LogP contribution >= 0.6 is 0 Å². The Balaban J connectivity index is 1.54. The number of aromatic amines is 1. The maximum Gasteiger partial charge on any atom is 0.127 e. The Bertz CT molecular complexity index is 642. The van der Waals surface area contributed by atoms with E-state index in [1.54, 1.807) is 0 Å². The zero-order valence-corrected chi connectivity index (χ0v) is 15.7. The molecule has 0 spiro atoms. The molecule has 26 heavy (non-hydrogen) atoms. The summed E-state index contributed by atoms with van der Waals surface area (Å²) in [6.07, 6.45) is 18.4. The van der Waals surface area contributed by atoms with E-state index in [-0.39, 0.29) is 6.04 Å². The van der Waals surface area contributed by atoms with E-state index in [0.717, 1.165) is 12.4 Å². The molecule has 1 saturated heterocycles. The van der Waals surface area contributed by atoms with Crippen LogP contribution in [0, 0.1) is 0 Å². The first-order valence-electron chi connectivity index (χ1n) is 10.3. The van der Waals surface area contributed by atoms with Crippen LogP contribution in [-0.2, 0) is 0 Å². The first-order valence-corrected chi connectivity index (χ1v) is 10.3. The molecule has 0 bridgehead atoms. The van der Waals surface area contributed by atoms with E-state index < -0.39 is 0 Å². The first kappa shape index (κ1) is 17.7. The SMILES string of the molecule is c1cncc(C(NCC2(N3CCCCC3)CCCCC2)c2ncc[nH]2)c1. The van der Waals surface area contributed by atoms with Crippen LogP contribution in [0.15, 0.2) is 36.9 Å². The molecule has 4 rings (SSSR count). The summed E-state index contributed by atoms with van der Waals surface area (Å²) < 4.78 is 0. The Morgan fingerprint density at radius 1 is 1.08 bits per heavy atom. The lowest BCUT2D eigenvalue weighted by Gasteiger charge is -2.49. The molecule has 0 amide bonds. The molecule has 0 radical (unpaired) electrons. The molecule has 1 unspecified atom stereocenters. The van der Waals surface area contributed by atoms with Gasteiger partial charge in [0.1, 0.15) is 5.82 Å². The average molecular weight is 354 g/mol. The topological polar surface area (TPSA) is 56.8 Å². The van der Waals surface area contributed by atoms with Gasteiger partial charge in [-0.1, -0.05) is 31.7 Å². The third kappa shape index (κ3) is 3.84. The largest absolute Gasteiger partial charge is 0.347 e. The average Bonchev–Trinajstić information content (AvgIpc) is 3.25. The third-order valence-corrected chi connectivity index (χ3v) is 6.26. The van der Waals surface area contributed by atoms with Gasteiger partial charge in [-0.2, -0.15) is 0 Å². The summed E-state index contributed by atoms with van der Waals surface area (Å²) in [5, 5.41) is 3.87. The van der Waals surface area contributed by atoms with Crippen molar-refractivity contribution in [1.29, 1.82) is 0 Å². The van der Waals surface area contributed by atoms with Crippen molar-refractivity contribution < 1.29 is 0 Å². The van der Waals surface area contributed by atoms with Gasteiger partial charge in [0.05, 0.1) is 6.04 Å². The number of pyridine rings is 1. The Hall–Kier alpha value is -1.72. The molecule has 0 aromatic carbocycles. The molecule has 1 atom stereocenters. The van der Waals surface area contributed by atoms with Gasteiger partial charge in [0.25, 0.3) is 0 Å². The second-order valence-electron chi connectivity index (χ2n) is 7.91. The van der Waals surface area contributed by atoms with Crippen molar-refractivity contribution in [2.24, 2.45) is 0 Å². The van der Waals surface area contributed by atoms with Crippen LogP contribution in [0.25, 0.3) is 0 Å². The monoisotopic (exact) mass is 353 g/mol. The quantitative estimate of drug-likeness (QED) is 0.832. The van der Waals surface area contributed by atoms with Crippen LogP contribution in [0.1, 0.15) is 68.8 Å². The van der Waals surface area contributed by atoms with Gasteiger partial charge in [0, 0.05) is 36.9 Å². The molecular formula is C21H31N5. The van der Waals surface area contributed by atoms with Crippen LogP contribution in [0.3, 0.4) is 0 Å². The molecule has 1 saturated carbocycles. The number of aromatic nitrogens is 3. The van der Waals surface area contributed by atoms with Crippen molar-refractivity contribution in [1.82, 2.24) is 25.2 Å². The summed E-state index contributed by atoms with van der Waals surface area (Å²) in [5.74, 6) is 0.975. The maximum absolute atomic E-state index is 4.53. The molecule has 2 aliphatic rings. The second-order valence-corrected chi connectivity index (χ2v) is 7.91. The molecule has 140 valence electrons. The Morgan fingerprint density at radius 3 is 2.58 bits per heavy atom. The minimum absolute atomic E-state index is 0.0716. The summed E-state index contributed by atoms with van der Waals surface area (Å²) in [6, 6.07) is 4.22. The smallest absolute Gasteiger partial charge is 0.127 e. The number of rotatable bonds is 6. The number of hydrogen-bond donors (Lipinski definition) is 2. The van der Waals surface area contributed by atoms with Crippen LogP contribution < -0.4 is 5.32 Å². The van der Waals surface area contributed by atoms with E-state index in [1.807, 2.05) is 30.9 Å². The van der Waals surface area contributed by atoms with Gasteiger partial charge in [-0.3, -0.25) is 9.88 Å². The predicted molar refractivity (Wildman–Crippen MR) is 104 cm³/mol. The van der Waals surface area contributed by atoms with E-state index >= 15 is 0 Å². The lowest BCUT2D eigenvalue weighted by molar-refractivity contribution is 0.0320. The molecule has 5 nitrogen and oxygen atoms in total. The van der Waals surface area contributed by atoms with Crippen LogP contribution in [0.4, 0.5) is 0 Å². The van der Waals surface area contributed by atoms with Crippen LogP contribution in [0.5, 0.6) is 0 Å². The van der Waals surface area contributed by atoms with Gasteiger partial charge in [0.2, 0.25) is 0 Å². The highest BCUT2D eigenvalue weighted by atomic mass is 15.2. The zero-order valence-electron chi connectivity index (χ0n) is 15.7. The van der Waals surface area contributed by atoms with E-state index in [9.17, 15) is 0 Å². The highest BCUT2D eigenvalue weighted by Gasteiger charge is 2.38. The Kier molecular flexibility index (Phi) is 5.65. The van der Waals surface area contributed by atoms with E-state index in [2.05, 4.69) is 31.2 Å². The molecule has 2 aromatic rings. The third-order valence-electron chi connectivity index (χ3n) is 6.26. The number of imidazole rings is 1. The van der Waals surface area contributed by atoms with Gasteiger partial charge in [-0.05, 0) is 50.4 Å². The molecule has 1 aliphatic heterocycles. The van der Waals surface area contributed by atoms with Crippen molar-refractivity contribution >= 4 is 0 Å². The van der Waals surface area contributed by atoms with Crippen LogP contribution in [-0.4, -0.2) is 45.0 Å². The number of nitrogens with one attached hydrogen (secondary N) is 2. The fraction of sp³-hybridized carbons (Fsp3) is 0.619. The van der Waals surface area contributed by atoms with Gasteiger partial charge in [0.15, 0.2) is 0 Å². The fourth-order valence-corrected chi connectivity index (χ4v) is 4.83. The number of nitrogens with zero attached hydrogens (tertiary/aromatic N) is 3. The van der Waals surface area contributed by atoms with Gasteiger partial charge in [-0.25, -0.2) is 4.98 Å². The zero-order chi connectivity index (χ0) is 17.7. The molecule has 3 heterocycles. The fourth-order valence-electron chi connectivity index (χ4n) is 4.83. The predicted octanol–water partition coefficient (Wildman–Crippen LogP) is 3.67. The highest BCUT2D eigenvalue weighted by Crippen LogP contribution is 2.36. The van der Waals surface area contributed by atoms with Gasteiger partial charge >= 0.3 is 0 Å².